The van der Waals surface area contributed by atoms with Gasteiger partial charge in [-0.3, -0.25) is 9.59 Å². The van der Waals surface area contributed by atoms with E-state index < -0.39 is 5.54 Å². The van der Waals surface area contributed by atoms with Crippen molar-refractivity contribution in [1.82, 2.24) is 9.80 Å². The molecule has 3 aromatic rings. The molecule has 162 valence electrons. The molecule has 0 aliphatic heterocycles. The predicted octanol–water partition coefficient (Wildman–Crippen LogP) is 4.79. The lowest BCUT2D eigenvalue weighted by Gasteiger charge is -2.36. The molecule has 0 saturated heterocycles. The van der Waals surface area contributed by atoms with Gasteiger partial charge in [0.25, 0.3) is 5.91 Å². The van der Waals surface area contributed by atoms with Gasteiger partial charge in [0, 0.05) is 17.6 Å². The number of benzene rings is 2. The van der Waals surface area contributed by atoms with Crippen LogP contribution in [0.2, 0.25) is 0 Å². The summed E-state index contributed by atoms with van der Waals surface area (Å²) in [6, 6.07) is 22.8. The van der Waals surface area contributed by atoms with E-state index in [4.69, 9.17) is 4.42 Å². The van der Waals surface area contributed by atoms with Crippen molar-refractivity contribution in [2.24, 2.45) is 0 Å². The zero-order chi connectivity index (χ0) is 22.3. The molecule has 0 N–H and O–H groups in total. The van der Waals surface area contributed by atoms with Crippen LogP contribution in [0.25, 0.3) is 0 Å². The van der Waals surface area contributed by atoms with Crippen LogP contribution in [-0.2, 0) is 17.8 Å². The maximum absolute atomic E-state index is 13.4. The highest BCUT2D eigenvalue weighted by atomic mass is 16.3. The molecule has 0 radical (unpaired) electrons. The summed E-state index contributed by atoms with van der Waals surface area (Å²) in [6.45, 7) is 6.76. The van der Waals surface area contributed by atoms with Crippen molar-refractivity contribution in [3.63, 3.8) is 0 Å². The SMILES string of the molecule is CC(C)(C)N(CC(=O)N(CCc1ccccc1)Cc1ccco1)C(=O)c1ccccc1. The van der Waals surface area contributed by atoms with Crippen molar-refractivity contribution < 1.29 is 14.0 Å². The average Bonchev–Trinajstić information content (AvgIpc) is 3.28. The van der Waals surface area contributed by atoms with Gasteiger partial charge < -0.3 is 14.2 Å². The van der Waals surface area contributed by atoms with Crippen LogP contribution in [0, 0.1) is 0 Å². The van der Waals surface area contributed by atoms with Gasteiger partial charge >= 0.3 is 0 Å². The minimum atomic E-state index is -0.502. The van der Waals surface area contributed by atoms with Crippen molar-refractivity contribution in [3.05, 3.63) is 95.9 Å². The van der Waals surface area contributed by atoms with Gasteiger partial charge in [-0.15, -0.1) is 0 Å². The third-order valence-corrected chi connectivity index (χ3v) is 5.16. The second-order valence-electron chi connectivity index (χ2n) is 8.56. The summed E-state index contributed by atoms with van der Waals surface area (Å²) in [5, 5.41) is 0. The fourth-order valence-electron chi connectivity index (χ4n) is 3.38. The number of carbonyl (C=O) groups excluding carboxylic acids is 2. The van der Waals surface area contributed by atoms with Crippen LogP contribution >= 0.6 is 0 Å². The molecule has 0 bridgehead atoms. The smallest absolute Gasteiger partial charge is 0.254 e. The molecule has 2 aromatic carbocycles. The molecule has 0 fully saturated rings. The fourth-order valence-corrected chi connectivity index (χ4v) is 3.38. The second-order valence-corrected chi connectivity index (χ2v) is 8.56. The lowest BCUT2D eigenvalue weighted by Crippen LogP contribution is -2.51. The Bertz CT molecular complexity index is 961. The van der Waals surface area contributed by atoms with E-state index in [0.717, 1.165) is 17.7 Å². The summed E-state index contributed by atoms with van der Waals surface area (Å²) in [5.74, 6) is 0.465. The van der Waals surface area contributed by atoms with Crippen molar-refractivity contribution in [1.29, 1.82) is 0 Å². The van der Waals surface area contributed by atoms with E-state index in [-0.39, 0.29) is 18.4 Å². The normalized spacial score (nSPS) is 11.2. The van der Waals surface area contributed by atoms with Crippen LogP contribution in [0.5, 0.6) is 0 Å². The average molecular weight is 419 g/mol. The van der Waals surface area contributed by atoms with Gasteiger partial charge in [0.05, 0.1) is 12.8 Å². The van der Waals surface area contributed by atoms with Crippen LogP contribution in [0.15, 0.2) is 83.5 Å². The van der Waals surface area contributed by atoms with Crippen molar-refractivity contribution in [2.75, 3.05) is 13.1 Å². The van der Waals surface area contributed by atoms with Crippen LogP contribution in [-0.4, -0.2) is 40.2 Å². The van der Waals surface area contributed by atoms with E-state index in [1.54, 1.807) is 28.2 Å². The van der Waals surface area contributed by atoms with Gasteiger partial charge in [-0.1, -0.05) is 48.5 Å². The minimum absolute atomic E-state index is 0.00667. The fraction of sp³-hybridized carbons (Fsp3) is 0.308. The number of nitrogens with zero attached hydrogens (tertiary/aromatic N) is 2. The summed E-state index contributed by atoms with van der Waals surface area (Å²) in [4.78, 5) is 30.0. The molecule has 5 heteroatoms. The molecule has 0 saturated carbocycles. The van der Waals surface area contributed by atoms with E-state index in [1.165, 1.54) is 0 Å². The first-order valence-corrected chi connectivity index (χ1v) is 10.6. The number of hydrogen-bond acceptors (Lipinski definition) is 3. The van der Waals surface area contributed by atoms with Crippen molar-refractivity contribution in [3.8, 4) is 0 Å². The summed E-state index contributed by atoms with van der Waals surface area (Å²) in [6.07, 6.45) is 2.34. The molecule has 0 aliphatic carbocycles. The van der Waals surface area contributed by atoms with Gasteiger partial charge in [-0.05, 0) is 57.0 Å². The summed E-state index contributed by atoms with van der Waals surface area (Å²) in [7, 11) is 0. The molecular weight excluding hydrogens is 388 g/mol. The van der Waals surface area contributed by atoms with Crippen LogP contribution in [0.1, 0.15) is 42.5 Å². The molecule has 3 rings (SSSR count). The van der Waals surface area contributed by atoms with Crippen LogP contribution < -0.4 is 0 Å². The van der Waals surface area contributed by atoms with Crippen molar-refractivity contribution >= 4 is 11.8 Å². The quantitative estimate of drug-likeness (QED) is 0.528. The van der Waals surface area contributed by atoms with Crippen LogP contribution in [0.3, 0.4) is 0 Å². The topological polar surface area (TPSA) is 53.8 Å². The molecule has 0 unspecified atom stereocenters. The second kappa shape index (κ2) is 10.1. The maximum Gasteiger partial charge on any atom is 0.254 e. The zero-order valence-electron chi connectivity index (χ0n) is 18.5. The Morgan fingerprint density at radius 2 is 1.52 bits per heavy atom. The molecule has 0 atom stereocenters. The molecule has 2 amide bonds. The highest BCUT2D eigenvalue weighted by molar-refractivity contribution is 5.97. The molecule has 1 heterocycles. The number of carbonyl (C=O) groups is 2. The molecule has 0 spiro atoms. The Labute approximate surface area is 184 Å². The Hall–Kier alpha value is -3.34. The Balaban J connectivity index is 1.78. The van der Waals surface area contributed by atoms with E-state index >= 15 is 0 Å². The van der Waals surface area contributed by atoms with E-state index in [1.807, 2.05) is 69.3 Å². The predicted molar refractivity (Wildman–Crippen MR) is 122 cm³/mol. The third kappa shape index (κ3) is 6.32. The summed E-state index contributed by atoms with van der Waals surface area (Å²) >= 11 is 0. The van der Waals surface area contributed by atoms with E-state index in [2.05, 4.69) is 12.1 Å². The van der Waals surface area contributed by atoms with Crippen molar-refractivity contribution in [2.45, 2.75) is 39.3 Å². The first-order valence-electron chi connectivity index (χ1n) is 10.6. The van der Waals surface area contributed by atoms with Gasteiger partial charge in [0.1, 0.15) is 12.3 Å². The summed E-state index contributed by atoms with van der Waals surface area (Å²) in [5.41, 5.74) is 1.23. The van der Waals surface area contributed by atoms with Gasteiger partial charge in [0.15, 0.2) is 0 Å². The zero-order valence-corrected chi connectivity index (χ0v) is 18.5. The minimum Gasteiger partial charge on any atom is -0.467 e. The Kier molecular flexibility index (Phi) is 7.29. The maximum atomic E-state index is 13.4. The monoisotopic (exact) mass is 418 g/mol. The molecule has 1 aromatic heterocycles. The Morgan fingerprint density at radius 1 is 0.871 bits per heavy atom. The number of amides is 2. The van der Waals surface area contributed by atoms with E-state index in [0.29, 0.717) is 18.7 Å². The van der Waals surface area contributed by atoms with Crippen LogP contribution in [0.4, 0.5) is 0 Å². The number of rotatable bonds is 8. The molecule has 31 heavy (non-hydrogen) atoms. The highest BCUT2D eigenvalue weighted by Crippen LogP contribution is 2.18. The lowest BCUT2D eigenvalue weighted by atomic mass is 10.0. The first-order chi connectivity index (χ1) is 14.8. The first kappa shape index (κ1) is 22.3. The lowest BCUT2D eigenvalue weighted by molar-refractivity contribution is -0.133. The Morgan fingerprint density at radius 3 is 2.10 bits per heavy atom. The van der Waals surface area contributed by atoms with E-state index in [9.17, 15) is 9.59 Å². The van der Waals surface area contributed by atoms with Gasteiger partial charge in [-0.25, -0.2) is 0 Å². The van der Waals surface area contributed by atoms with Gasteiger partial charge in [0.2, 0.25) is 5.91 Å². The largest absolute Gasteiger partial charge is 0.467 e. The number of furan rings is 1. The summed E-state index contributed by atoms with van der Waals surface area (Å²) < 4.78 is 5.48. The third-order valence-electron chi connectivity index (χ3n) is 5.16. The molecular formula is C26H30N2O3. The molecule has 5 nitrogen and oxygen atoms in total. The molecule has 0 aliphatic rings. The standard InChI is InChI=1S/C26H30N2O3/c1-26(2,3)28(25(30)22-13-8-5-9-14-22)20-24(29)27(19-23-15-10-18-31-23)17-16-21-11-6-4-7-12-21/h4-15,18H,16-17,19-20H2,1-3H3. The number of hydrogen-bond donors (Lipinski definition) is 0. The van der Waals surface area contributed by atoms with Gasteiger partial charge in [-0.2, -0.15) is 0 Å². The highest BCUT2D eigenvalue weighted by Gasteiger charge is 2.31.